The summed E-state index contributed by atoms with van der Waals surface area (Å²) >= 11 is 0. The molecule has 0 saturated carbocycles. The third-order valence-electron chi connectivity index (χ3n) is 2.84. The van der Waals surface area contributed by atoms with Gasteiger partial charge in [-0.25, -0.2) is 4.79 Å². The van der Waals surface area contributed by atoms with Crippen LogP contribution < -0.4 is 16.2 Å². The van der Waals surface area contributed by atoms with E-state index in [2.05, 4.69) is 10.6 Å². The number of ether oxygens (including phenoxy) is 1. The Hall–Kier alpha value is -2.31. The number of aryl methyl sites for hydroxylation is 1. The molecule has 7 nitrogen and oxygen atoms in total. The van der Waals surface area contributed by atoms with Gasteiger partial charge in [-0.1, -0.05) is 6.92 Å². The molecule has 1 rings (SSSR count). The Morgan fingerprint density at radius 3 is 2.67 bits per heavy atom. The fraction of sp³-hybridized carbons (Fsp3) is 0.500. The highest BCUT2D eigenvalue weighted by Gasteiger charge is 2.14. The van der Waals surface area contributed by atoms with Crippen LogP contribution >= 0.6 is 0 Å². The summed E-state index contributed by atoms with van der Waals surface area (Å²) in [4.78, 5) is 34.5. The second-order valence-electron chi connectivity index (χ2n) is 4.53. The van der Waals surface area contributed by atoms with E-state index in [1.807, 2.05) is 6.92 Å². The minimum atomic E-state index is -0.438. The zero-order valence-corrected chi connectivity index (χ0v) is 12.5. The molecular weight excluding hydrogens is 274 g/mol. The van der Waals surface area contributed by atoms with Gasteiger partial charge in [-0.3, -0.25) is 9.59 Å². The maximum absolute atomic E-state index is 11.7. The van der Waals surface area contributed by atoms with Gasteiger partial charge in [-0.15, -0.1) is 0 Å². The van der Waals surface area contributed by atoms with Gasteiger partial charge in [0.25, 0.3) is 5.56 Å². The molecule has 0 radical (unpaired) electrons. The Labute approximate surface area is 123 Å². The first-order valence-electron chi connectivity index (χ1n) is 6.89. The summed E-state index contributed by atoms with van der Waals surface area (Å²) in [5, 5.41) is 5.19. The molecule has 0 spiro atoms. The van der Waals surface area contributed by atoms with Gasteiger partial charge in [0, 0.05) is 25.4 Å². The van der Waals surface area contributed by atoms with Crippen molar-refractivity contribution in [2.45, 2.75) is 27.3 Å². The number of nitrogens with zero attached hydrogens (tertiary/aromatic N) is 1. The van der Waals surface area contributed by atoms with Gasteiger partial charge in [0.2, 0.25) is 0 Å². The first-order chi connectivity index (χ1) is 9.97. The highest BCUT2D eigenvalue weighted by Crippen LogP contribution is 2.03. The van der Waals surface area contributed by atoms with Crippen molar-refractivity contribution in [2.24, 2.45) is 5.92 Å². The molecule has 1 heterocycles. The van der Waals surface area contributed by atoms with Crippen molar-refractivity contribution >= 4 is 17.7 Å². The van der Waals surface area contributed by atoms with E-state index in [1.165, 1.54) is 16.7 Å². The van der Waals surface area contributed by atoms with Crippen molar-refractivity contribution in [3.63, 3.8) is 0 Å². The third kappa shape index (κ3) is 5.29. The minimum absolute atomic E-state index is 0.126. The van der Waals surface area contributed by atoms with Crippen LogP contribution in [0.1, 0.15) is 20.8 Å². The standard InChI is InChI=1S/C14H21N3O4/c1-4-17-9-11(6-7-12(17)18)16-14(20)15-8-10(3)13(19)21-5-2/h6-7,9-10H,4-5,8H2,1-3H3,(H2,15,16,20)/t10-/m1/s1. The smallest absolute Gasteiger partial charge is 0.319 e. The van der Waals surface area contributed by atoms with E-state index in [4.69, 9.17) is 4.74 Å². The highest BCUT2D eigenvalue weighted by atomic mass is 16.5. The molecule has 0 aliphatic heterocycles. The molecule has 1 aromatic rings. The van der Waals surface area contributed by atoms with Crippen LogP contribution in [0.25, 0.3) is 0 Å². The molecule has 0 aromatic carbocycles. The molecule has 2 amide bonds. The number of amides is 2. The monoisotopic (exact) mass is 295 g/mol. The topological polar surface area (TPSA) is 89.4 Å². The fourth-order valence-corrected chi connectivity index (χ4v) is 1.64. The van der Waals surface area contributed by atoms with Crippen LogP contribution in [0.5, 0.6) is 0 Å². The lowest BCUT2D eigenvalue weighted by atomic mass is 10.2. The third-order valence-corrected chi connectivity index (χ3v) is 2.84. The molecule has 0 fully saturated rings. The second kappa shape index (κ2) is 8.08. The van der Waals surface area contributed by atoms with Crippen molar-refractivity contribution < 1.29 is 14.3 Å². The normalized spacial score (nSPS) is 11.6. The molecule has 0 unspecified atom stereocenters. The van der Waals surface area contributed by atoms with E-state index in [0.29, 0.717) is 18.8 Å². The minimum Gasteiger partial charge on any atom is -0.466 e. The molecule has 116 valence electrons. The Bertz CT molecular complexity index is 553. The SMILES string of the molecule is CCOC(=O)[C@H](C)CNC(=O)Nc1ccc(=O)n(CC)c1. The molecule has 2 N–H and O–H groups in total. The first kappa shape index (κ1) is 16.7. The maximum atomic E-state index is 11.7. The molecule has 0 bridgehead atoms. The molecule has 0 saturated heterocycles. The summed E-state index contributed by atoms with van der Waals surface area (Å²) in [5.41, 5.74) is 0.386. The lowest BCUT2D eigenvalue weighted by Gasteiger charge is -2.12. The van der Waals surface area contributed by atoms with E-state index in [1.54, 1.807) is 20.0 Å². The van der Waals surface area contributed by atoms with E-state index in [-0.39, 0.29) is 18.1 Å². The second-order valence-corrected chi connectivity index (χ2v) is 4.53. The summed E-state index contributed by atoms with van der Waals surface area (Å²) in [6, 6.07) is 2.48. The van der Waals surface area contributed by atoms with Crippen LogP contribution in [0, 0.1) is 5.92 Å². The van der Waals surface area contributed by atoms with Crippen LogP contribution in [-0.4, -0.2) is 29.7 Å². The van der Waals surface area contributed by atoms with Gasteiger partial charge in [0.1, 0.15) is 0 Å². The van der Waals surface area contributed by atoms with Crippen LogP contribution in [-0.2, 0) is 16.1 Å². The predicted octanol–water partition coefficient (Wildman–Crippen LogP) is 1.19. The summed E-state index contributed by atoms with van der Waals surface area (Å²) < 4.78 is 6.33. The van der Waals surface area contributed by atoms with Crippen molar-refractivity contribution in [3.8, 4) is 0 Å². The predicted molar refractivity (Wildman–Crippen MR) is 79.2 cm³/mol. The number of hydrogen-bond acceptors (Lipinski definition) is 4. The number of carbonyl (C=O) groups excluding carboxylic acids is 2. The Kier molecular flexibility index (Phi) is 6.45. The number of carbonyl (C=O) groups is 2. The van der Waals surface area contributed by atoms with Crippen molar-refractivity contribution in [2.75, 3.05) is 18.5 Å². The summed E-state index contributed by atoms with van der Waals surface area (Å²) in [5.74, 6) is -0.766. The molecular formula is C14H21N3O4. The van der Waals surface area contributed by atoms with E-state index >= 15 is 0 Å². The van der Waals surface area contributed by atoms with Gasteiger partial charge in [0.15, 0.2) is 0 Å². The molecule has 0 aliphatic carbocycles. The number of nitrogens with one attached hydrogen (secondary N) is 2. The number of urea groups is 1. The number of rotatable bonds is 6. The number of esters is 1. The van der Waals surface area contributed by atoms with Gasteiger partial charge in [0.05, 0.1) is 18.2 Å². The van der Waals surface area contributed by atoms with Crippen LogP contribution in [0.4, 0.5) is 10.5 Å². The number of aromatic nitrogens is 1. The van der Waals surface area contributed by atoms with Crippen LogP contribution in [0.2, 0.25) is 0 Å². The Balaban J connectivity index is 2.51. The van der Waals surface area contributed by atoms with Crippen LogP contribution in [0.3, 0.4) is 0 Å². The largest absolute Gasteiger partial charge is 0.466 e. The molecule has 1 aromatic heterocycles. The average Bonchev–Trinajstić information content (AvgIpc) is 2.47. The van der Waals surface area contributed by atoms with Crippen molar-refractivity contribution in [1.29, 1.82) is 0 Å². The lowest BCUT2D eigenvalue weighted by molar-refractivity contribution is -0.147. The first-order valence-corrected chi connectivity index (χ1v) is 6.89. The quantitative estimate of drug-likeness (QED) is 0.771. The van der Waals surface area contributed by atoms with E-state index in [0.717, 1.165) is 0 Å². The Morgan fingerprint density at radius 1 is 1.33 bits per heavy atom. The van der Waals surface area contributed by atoms with Gasteiger partial charge >= 0.3 is 12.0 Å². The molecule has 1 atom stereocenters. The zero-order chi connectivity index (χ0) is 15.8. The number of hydrogen-bond donors (Lipinski definition) is 2. The summed E-state index contributed by atoms with van der Waals surface area (Å²) in [6.45, 7) is 6.26. The summed E-state index contributed by atoms with van der Waals surface area (Å²) in [7, 11) is 0. The maximum Gasteiger partial charge on any atom is 0.319 e. The van der Waals surface area contributed by atoms with E-state index < -0.39 is 11.9 Å². The lowest BCUT2D eigenvalue weighted by Crippen LogP contribution is -2.35. The summed E-state index contributed by atoms with van der Waals surface area (Å²) in [6.07, 6.45) is 1.57. The fourth-order valence-electron chi connectivity index (χ4n) is 1.64. The van der Waals surface area contributed by atoms with Gasteiger partial charge in [-0.2, -0.15) is 0 Å². The molecule has 21 heavy (non-hydrogen) atoms. The molecule has 7 heteroatoms. The number of anilines is 1. The number of pyridine rings is 1. The zero-order valence-electron chi connectivity index (χ0n) is 12.5. The van der Waals surface area contributed by atoms with Crippen molar-refractivity contribution in [1.82, 2.24) is 9.88 Å². The van der Waals surface area contributed by atoms with Crippen LogP contribution in [0.15, 0.2) is 23.1 Å². The van der Waals surface area contributed by atoms with Gasteiger partial charge < -0.3 is 19.9 Å². The van der Waals surface area contributed by atoms with Gasteiger partial charge in [-0.05, 0) is 19.9 Å². The van der Waals surface area contributed by atoms with E-state index in [9.17, 15) is 14.4 Å². The molecule has 0 aliphatic rings. The highest BCUT2D eigenvalue weighted by molar-refractivity contribution is 5.89. The average molecular weight is 295 g/mol. The Morgan fingerprint density at radius 2 is 2.05 bits per heavy atom. The van der Waals surface area contributed by atoms with Crippen molar-refractivity contribution in [3.05, 3.63) is 28.7 Å².